The van der Waals surface area contributed by atoms with Gasteiger partial charge in [-0.25, -0.2) is 9.78 Å². The average molecular weight is 1470 g/mol. The SMILES string of the molecule is CCCCCCCCCCCC(=O)OCC(COP(=O)([O-])OCC(O)COP(=O)([O-])OCC(COC(=O)CCCCCCCCCCC)OC(=O)CCCCCCCCCCC)OC(=O)CCCCCCCCCCC.COC(=O)Nc1nc2ccc(Sc3ccccc3)cc2[nH]1.[Na+].[Na+]. The quantitative estimate of drug-likeness (QED) is 0.0155. The van der Waals surface area contributed by atoms with E-state index in [0.717, 1.165) is 119 Å². The Bertz CT molecular complexity index is 2510. The fourth-order valence-corrected chi connectivity index (χ4v) is 12.7. The van der Waals surface area contributed by atoms with E-state index in [2.05, 4.69) is 59.8 Å². The Balaban J connectivity index is 0.00000348. The number of nitrogens with one attached hydrogen (secondary N) is 2. The van der Waals surface area contributed by atoms with Crippen molar-refractivity contribution in [2.45, 2.75) is 313 Å². The molecule has 0 saturated carbocycles. The monoisotopic (exact) mass is 1470 g/mol. The van der Waals surface area contributed by atoms with E-state index in [1.165, 1.54) is 115 Å². The van der Waals surface area contributed by atoms with Crippen LogP contribution < -0.4 is 74.2 Å². The minimum Gasteiger partial charge on any atom is -0.756 e. The number of fused-ring (bicyclic) bond motifs is 1. The number of aliphatic hydroxyl groups is 1. The van der Waals surface area contributed by atoms with Gasteiger partial charge in [0.2, 0.25) is 5.95 Å². The molecule has 0 fully saturated rings. The number of aromatic nitrogens is 2. The molecule has 1 heterocycles. The minimum atomic E-state index is -5.20. The second kappa shape index (κ2) is 64.0. The Hall–Kier alpha value is -2.41. The number of nitrogens with zero attached hydrogens (tertiary/aromatic N) is 1. The van der Waals surface area contributed by atoms with E-state index < -0.39 is 104 Å². The summed E-state index contributed by atoms with van der Waals surface area (Å²) >= 11 is 1.67. The molecule has 1 amide bonds. The number of esters is 4. The number of unbranched alkanes of at least 4 members (excludes halogenated alkanes) is 32. The fraction of sp³-hybridized carbons (Fsp3) is 0.750. The molecule has 1 aromatic heterocycles. The number of benzene rings is 2. The third kappa shape index (κ3) is 55.7. The van der Waals surface area contributed by atoms with Crippen molar-refractivity contribution in [3.63, 3.8) is 0 Å². The summed E-state index contributed by atoms with van der Waals surface area (Å²) in [5.74, 6) is -1.87. The molecule has 2 aromatic carbocycles. The summed E-state index contributed by atoms with van der Waals surface area (Å²) in [5, 5.41) is 12.9. The molecule has 99 heavy (non-hydrogen) atoms. The number of imidazole rings is 1. The zero-order valence-electron chi connectivity index (χ0n) is 61.4. The number of hydrogen-bond acceptors (Lipinski definition) is 21. The van der Waals surface area contributed by atoms with Gasteiger partial charge < -0.3 is 61.7 Å². The van der Waals surface area contributed by atoms with Gasteiger partial charge in [-0.15, -0.1) is 0 Å². The Morgan fingerprint density at radius 3 is 1.15 bits per heavy atom. The van der Waals surface area contributed by atoms with Crippen LogP contribution in [-0.4, -0.2) is 110 Å². The number of rotatable bonds is 61. The summed E-state index contributed by atoms with van der Waals surface area (Å²) in [6.07, 6.45) is 33.7. The van der Waals surface area contributed by atoms with Crippen LogP contribution in [0.25, 0.3) is 11.0 Å². The molecule has 4 atom stereocenters. The number of phosphoric ester groups is 2. The Labute approximate surface area is 641 Å². The van der Waals surface area contributed by atoms with Crippen molar-refractivity contribution in [1.29, 1.82) is 0 Å². The molecule has 556 valence electrons. The number of aliphatic hydroxyl groups excluding tert-OH is 1. The summed E-state index contributed by atoms with van der Waals surface area (Å²) in [5.41, 5.74) is 1.65. The summed E-state index contributed by atoms with van der Waals surface area (Å²) in [6, 6.07) is 16.1. The number of anilines is 1. The first-order chi connectivity index (χ1) is 46.9. The van der Waals surface area contributed by atoms with E-state index in [9.17, 15) is 48.0 Å². The van der Waals surface area contributed by atoms with Gasteiger partial charge >= 0.3 is 89.1 Å². The van der Waals surface area contributed by atoms with Crippen molar-refractivity contribution in [2.24, 2.45) is 0 Å². The van der Waals surface area contributed by atoms with Gasteiger partial charge in [0.15, 0.2) is 12.2 Å². The molecule has 0 aliphatic heterocycles. The maximum atomic E-state index is 12.8. The topological polar surface area (TPSA) is 310 Å². The third-order valence-electron chi connectivity index (χ3n) is 15.9. The smallest absolute Gasteiger partial charge is 0.756 e. The van der Waals surface area contributed by atoms with Crippen molar-refractivity contribution in [1.82, 2.24) is 9.97 Å². The number of hydrogen-bond donors (Lipinski definition) is 3. The van der Waals surface area contributed by atoms with E-state index in [-0.39, 0.29) is 84.8 Å². The summed E-state index contributed by atoms with van der Waals surface area (Å²) in [7, 11) is -9.08. The van der Waals surface area contributed by atoms with Crippen LogP contribution in [0.1, 0.15) is 285 Å². The van der Waals surface area contributed by atoms with Crippen LogP contribution >= 0.6 is 27.4 Å². The van der Waals surface area contributed by atoms with Crippen LogP contribution in [0.5, 0.6) is 0 Å². The molecule has 3 rings (SSSR count). The standard InChI is InChI=1S/C57H110O17P2.C15H13N3O2S.2Na/c1-5-9-13-17-21-25-29-33-37-41-54(59)67-47-52(73-56(61)43-39-35-31-27-23-19-15-11-7-3)49-71-75(63,64)69-45-51(58)46-70-76(65,66)72-50-53(74-57(62)44-40-36-32-28-24-20-16-12-8-4)48-68-55(60)42-38-34-30-26-22-18-14-10-6-2;1-20-15(19)18-14-16-12-8-7-11(9-13(12)17-14)21-10-5-3-2-4-6-10;;/h51-53,58H,5-50H2,1-4H3,(H,63,64)(H,65,66);2-9H,1H3,(H2,16,17,18,19);;/q;;2*+1/p-2. The van der Waals surface area contributed by atoms with Crippen LogP contribution in [0.2, 0.25) is 0 Å². The van der Waals surface area contributed by atoms with Gasteiger partial charge in [-0.1, -0.05) is 263 Å². The summed E-state index contributed by atoms with van der Waals surface area (Å²) in [6.45, 7) is 4.36. The minimum absolute atomic E-state index is 0. The Morgan fingerprint density at radius 2 is 0.798 bits per heavy atom. The van der Waals surface area contributed by atoms with Crippen LogP contribution in [-0.2, 0) is 70.1 Å². The van der Waals surface area contributed by atoms with Gasteiger partial charge in [0.05, 0.1) is 44.6 Å². The first-order valence-corrected chi connectivity index (χ1v) is 40.3. The number of methoxy groups -OCH3 is 1. The van der Waals surface area contributed by atoms with Crippen LogP contribution in [0, 0.1) is 0 Å². The fourth-order valence-electron chi connectivity index (χ4n) is 10.3. The molecule has 0 radical (unpaired) electrons. The maximum Gasteiger partial charge on any atom is 1.00 e. The van der Waals surface area contributed by atoms with Gasteiger partial charge in [0.1, 0.15) is 19.3 Å². The third-order valence-corrected chi connectivity index (χ3v) is 18.8. The van der Waals surface area contributed by atoms with E-state index in [0.29, 0.717) is 31.6 Å². The molecular formula is C72H121N3Na2O19P2S. The number of phosphoric acid groups is 2. The largest absolute Gasteiger partial charge is 1.00 e. The second-order valence-corrected chi connectivity index (χ2v) is 28.9. The van der Waals surface area contributed by atoms with Crippen molar-refractivity contribution in [3.05, 3.63) is 48.5 Å². The number of H-pyrrole nitrogens is 1. The number of carbonyl (C=O) groups is 5. The van der Waals surface area contributed by atoms with Gasteiger partial charge in [-0.3, -0.25) is 33.6 Å². The Kier molecular flexibility index (Phi) is 62.5. The molecular weight excluding hydrogens is 1350 g/mol. The van der Waals surface area contributed by atoms with Crippen molar-refractivity contribution in [2.75, 3.05) is 52.1 Å². The molecule has 0 spiro atoms. The number of aromatic amines is 1. The zero-order chi connectivity index (χ0) is 70.9. The van der Waals surface area contributed by atoms with Crippen LogP contribution in [0.3, 0.4) is 0 Å². The normalized spacial score (nSPS) is 13.3. The van der Waals surface area contributed by atoms with E-state index in [1.807, 2.05) is 36.4 Å². The molecule has 3 aromatic rings. The average Bonchev–Trinajstić information content (AvgIpc) is 1.69. The Morgan fingerprint density at radius 1 is 0.465 bits per heavy atom. The van der Waals surface area contributed by atoms with Gasteiger partial charge in [-0.05, 0) is 56.0 Å². The number of carbonyl (C=O) groups excluding carboxylic acids is 5. The predicted molar refractivity (Wildman–Crippen MR) is 377 cm³/mol. The maximum absolute atomic E-state index is 12.8. The molecule has 27 heteroatoms. The summed E-state index contributed by atoms with van der Waals surface area (Å²) in [4.78, 5) is 97.0. The first-order valence-electron chi connectivity index (χ1n) is 36.6. The molecule has 3 N–H and O–H groups in total. The van der Waals surface area contributed by atoms with Crippen LogP contribution in [0.15, 0.2) is 58.3 Å². The molecule has 0 bridgehead atoms. The van der Waals surface area contributed by atoms with Gasteiger partial charge in [0, 0.05) is 35.5 Å². The second-order valence-electron chi connectivity index (χ2n) is 24.9. The van der Waals surface area contributed by atoms with Crippen molar-refractivity contribution in [3.8, 4) is 0 Å². The predicted octanol–water partition coefficient (Wildman–Crippen LogP) is 11.8. The van der Waals surface area contributed by atoms with E-state index in [1.54, 1.807) is 11.8 Å². The van der Waals surface area contributed by atoms with Gasteiger partial charge in [0.25, 0.3) is 15.6 Å². The van der Waals surface area contributed by atoms with E-state index in [4.69, 9.17) is 37.0 Å². The molecule has 0 aliphatic carbocycles. The molecule has 0 aliphatic rings. The first kappa shape index (κ1) is 96.6. The number of amides is 1. The zero-order valence-corrected chi connectivity index (χ0v) is 68.0. The molecule has 0 saturated heterocycles. The van der Waals surface area contributed by atoms with Crippen molar-refractivity contribution < 1.29 is 149 Å². The van der Waals surface area contributed by atoms with Gasteiger partial charge in [-0.2, -0.15) is 0 Å². The van der Waals surface area contributed by atoms with E-state index >= 15 is 0 Å². The number of ether oxygens (including phenoxy) is 5. The molecule has 22 nitrogen and oxygen atoms in total. The van der Waals surface area contributed by atoms with Crippen molar-refractivity contribution >= 4 is 74.4 Å². The molecule has 4 unspecified atom stereocenters. The summed E-state index contributed by atoms with van der Waals surface area (Å²) < 4.78 is 71.2. The van der Waals surface area contributed by atoms with Crippen LogP contribution in [0.4, 0.5) is 10.7 Å².